The topological polar surface area (TPSA) is 75.4 Å². The fourth-order valence-corrected chi connectivity index (χ4v) is 1.16. The van der Waals surface area contributed by atoms with Crippen molar-refractivity contribution in [2.45, 2.75) is 32.2 Å². The van der Waals surface area contributed by atoms with Crippen molar-refractivity contribution in [2.24, 2.45) is 11.1 Å². The summed E-state index contributed by atoms with van der Waals surface area (Å²) in [5.41, 5.74) is 5.51. The van der Waals surface area contributed by atoms with E-state index in [0.717, 1.165) is 12.8 Å². The summed E-state index contributed by atoms with van der Waals surface area (Å²) in [6, 6.07) is -0.408. The number of rotatable bonds is 5. The SMILES string of the molecule is CCC(N)C(=O)NCC1(CO)CC1. The average Bonchev–Trinajstić information content (AvgIpc) is 2.93. The molecular weight excluding hydrogens is 168 g/mol. The molecule has 1 rings (SSSR count). The van der Waals surface area contributed by atoms with Crippen LogP contribution < -0.4 is 11.1 Å². The van der Waals surface area contributed by atoms with Gasteiger partial charge in [0.15, 0.2) is 0 Å². The normalized spacial score (nSPS) is 20.8. The van der Waals surface area contributed by atoms with Crippen LogP contribution in [-0.2, 0) is 4.79 Å². The van der Waals surface area contributed by atoms with Crippen LogP contribution in [0.4, 0.5) is 0 Å². The number of aliphatic hydroxyl groups is 1. The molecule has 0 bridgehead atoms. The summed E-state index contributed by atoms with van der Waals surface area (Å²) < 4.78 is 0. The highest BCUT2D eigenvalue weighted by Crippen LogP contribution is 2.44. The molecule has 0 aromatic rings. The van der Waals surface area contributed by atoms with E-state index in [1.54, 1.807) is 0 Å². The van der Waals surface area contributed by atoms with E-state index in [9.17, 15) is 4.79 Å². The monoisotopic (exact) mass is 186 g/mol. The van der Waals surface area contributed by atoms with Gasteiger partial charge in [0, 0.05) is 12.0 Å². The third-order valence-corrected chi connectivity index (χ3v) is 2.71. The predicted octanol–water partition coefficient (Wildman–Crippen LogP) is -0.388. The van der Waals surface area contributed by atoms with Gasteiger partial charge in [0.2, 0.25) is 5.91 Å². The molecule has 1 amide bonds. The number of nitrogens with two attached hydrogens (primary N) is 1. The van der Waals surface area contributed by atoms with E-state index in [2.05, 4.69) is 5.32 Å². The van der Waals surface area contributed by atoms with Gasteiger partial charge in [-0.2, -0.15) is 0 Å². The van der Waals surface area contributed by atoms with E-state index in [4.69, 9.17) is 10.8 Å². The second-order valence-corrected chi connectivity index (χ2v) is 3.89. The van der Waals surface area contributed by atoms with E-state index in [0.29, 0.717) is 13.0 Å². The fourth-order valence-electron chi connectivity index (χ4n) is 1.16. The molecular formula is C9H18N2O2. The molecule has 0 aromatic heterocycles. The zero-order valence-electron chi connectivity index (χ0n) is 8.05. The van der Waals surface area contributed by atoms with Crippen LogP contribution in [0.1, 0.15) is 26.2 Å². The van der Waals surface area contributed by atoms with Crippen molar-refractivity contribution in [3.63, 3.8) is 0 Å². The van der Waals surface area contributed by atoms with E-state index >= 15 is 0 Å². The summed E-state index contributed by atoms with van der Waals surface area (Å²) in [6.07, 6.45) is 2.66. The van der Waals surface area contributed by atoms with Crippen molar-refractivity contribution < 1.29 is 9.90 Å². The van der Waals surface area contributed by atoms with Gasteiger partial charge in [-0.1, -0.05) is 6.92 Å². The van der Waals surface area contributed by atoms with E-state index in [1.807, 2.05) is 6.92 Å². The lowest BCUT2D eigenvalue weighted by Crippen LogP contribution is -2.42. The molecule has 13 heavy (non-hydrogen) atoms. The molecule has 0 aromatic carbocycles. The molecule has 4 heteroatoms. The number of hydrogen-bond donors (Lipinski definition) is 3. The molecule has 0 heterocycles. The van der Waals surface area contributed by atoms with Crippen molar-refractivity contribution in [2.75, 3.05) is 13.2 Å². The van der Waals surface area contributed by atoms with E-state index in [1.165, 1.54) is 0 Å². The van der Waals surface area contributed by atoms with Crippen LogP contribution in [0.2, 0.25) is 0 Å². The minimum atomic E-state index is -0.408. The third kappa shape index (κ3) is 2.67. The van der Waals surface area contributed by atoms with Crippen molar-refractivity contribution in [3.05, 3.63) is 0 Å². The number of aliphatic hydroxyl groups excluding tert-OH is 1. The summed E-state index contributed by atoms with van der Waals surface area (Å²) in [5.74, 6) is -0.109. The van der Waals surface area contributed by atoms with Gasteiger partial charge in [0.05, 0.1) is 12.6 Å². The number of nitrogens with one attached hydrogen (secondary N) is 1. The summed E-state index contributed by atoms with van der Waals surface area (Å²) in [7, 11) is 0. The van der Waals surface area contributed by atoms with Gasteiger partial charge in [-0.25, -0.2) is 0 Å². The van der Waals surface area contributed by atoms with Gasteiger partial charge in [0.1, 0.15) is 0 Å². The Morgan fingerprint density at radius 1 is 1.69 bits per heavy atom. The van der Waals surface area contributed by atoms with Gasteiger partial charge >= 0.3 is 0 Å². The first-order chi connectivity index (χ1) is 6.13. The standard InChI is InChI=1S/C9H18N2O2/c1-2-7(10)8(13)11-5-9(6-12)3-4-9/h7,12H,2-6,10H2,1H3,(H,11,13). The first-order valence-corrected chi connectivity index (χ1v) is 4.78. The molecule has 0 saturated heterocycles. The predicted molar refractivity (Wildman–Crippen MR) is 50.0 cm³/mol. The summed E-state index contributed by atoms with van der Waals surface area (Å²) in [6.45, 7) is 2.61. The van der Waals surface area contributed by atoms with Gasteiger partial charge in [-0.05, 0) is 19.3 Å². The summed E-state index contributed by atoms with van der Waals surface area (Å²) >= 11 is 0. The molecule has 1 fully saturated rings. The Hall–Kier alpha value is -0.610. The third-order valence-electron chi connectivity index (χ3n) is 2.71. The zero-order valence-corrected chi connectivity index (χ0v) is 8.05. The van der Waals surface area contributed by atoms with Crippen molar-refractivity contribution >= 4 is 5.91 Å². The molecule has 1 aliphatic carbocycles. The maximum absolute atomic E-state index is 11.2. The van der Waals surface area contributed by atoms with Crippen LogP contribution in [0, 0.1) is 5.41 Å². The molecule has 4 nitrogen and oxygen atoms in total. The maximum Gasteiger partial charge on any atom is 0.236 e. The van der Waals surface area contributed by atoms with Crippen molar-refractivity contribution in [1.29, 1.82) is 0 Å². The summed E-state index contributed by atoms with van der Waals surface area (Å²) in [5, 5.41) is 11.7. The highest BCUT2D eigenvalue weighted by Gasteiger charge is 2.42. The van der Waals surface area contributed by atoms with Crippen molar-refractivity contribution in [3.8, 4) is 0 Å². The van der Waals surface area contributed by atoms with Crippen LogP contribution >= 0.6 is 0 Å². The smallest absolute Gasteiger partial charge is 0.236 e. The Morgan fingerprint density at radius 3 is 2.69 bits per heavy atom. The number of amides is 1. The molecule has 0 spiro atoms. The van der Waals surface area contributed by atoms with Crippen LogP contribution in [0.3, 0.4) is 0 Å². The minimum absolute atomic E-state index is 0.0247. The molecule has 1 aliphatic rings. The largest absolute Gasteiger partial charge is 0.396 e. The number of carbonyl (C=O) groups is 1. The van der Waals surface area contributed by atoms with Crippen LogP contribution in [-0.4, -0.2) is 30.2 Å². The average molecular weight is 186 g/mol. The molecule has 0 aliphatic heterocycles. The molecule has 1 atom stereocenters. The fraction of sp³-hybridized carbons (Fsp3) is 0.889. The molecule has 76 valence electrons. The van der Waals surface area contributed by atoms with Gasteiger partial charge in [-0.15, -0.1) is 0 Å². The van der Waals surface area contributed by atoms with Crippen LogP contribution in [0.15, 0.2) is 0 Å². The second kappa shape index (κ2) is 4.07. The highest BCUT2D eigenvalue weighted by molar-refractivity contribution is 5.81. The lowest BCUT2D eigenvalue weighted by atomic mass is 10.1. The first-order valence-electron chi connectivity index (χ1n) is 4.78. The lowest BCUT2D eigenvalue weighted by molar-refractivity contribution is -0.122. The maximum atomic E-state index is 11.2. The van der Waals surface area contributed by atoms with Gasteiger partial charge in [0.25, 0.3) is 0 Å². The van der Waals surface area contributed by atoms with Gasteiger partial charge in [-0.3, -0.25) is 4.79 Å². The lowest BCUT2D eigenvalue weighted by Gasteiger charge is -2.15. The highest BCUT2D eigenvalue weighted by atomic mass is 16.3. The Labute approximate surface area is 78.5 Å². The Bertz CT molecular complexity index is 190. The quantitative estimate of drug-likeness (QED) is 0.547. The second-order valence-electron chi connectivity index (χ2n) is 3.89. The minimum Gasteiger partial charge on any atom is -0.396 e. The van der Waals surface area contributed by atoms with Crippen molar-refractivity contribution in [1.82, 2.24) is 5.32 Å². The van der Waals surface area contributed by atoms with E-state index < -0.39 is 6.04 Å². The molecule has 1 unspecified atom stereocenters. The van der Waals surface area contributed by atoms with Gasteiger partial charge < -0.3 is 16.2 Å². The van der Waals surface area contributed by atoms with E-state index in [-0.39, 0.29) is 17.9 Å². The Balaban J connectivity index is 2.22. The Kier molecular flexibility index (Phi) is 3.27. The molecule has 0 radical (unpaired) electrons. The number of carbonyl (C=O) groups excluding carboxylic acids is 1. The summed E-state index contributed by atoms with van der Waals surface area (Å²) in [4.78, 5) is 11.2. The van der Waals surface area contributed by atoms with Crippen LogP contribution in [0.25, 0.3) is 0 Å². The first kappa shape index (κ1) is 10.5. The molecule has 4 N–H and O–H groups in total. The molecule has 1 saturated carbocycles. The van der Waals surface area contributed by atoms with Crippen LogP contribution in [0.5, 0.6) is 0 Å². The Morgan fingerprint density at radius 2 is 2.31 bits per heavy atom. The number of hydrogen-bond acceptors (Lipinski definition) is 3. The zero-order chi connectivity index (χ0) is 9.90.